The molecule has 0 amide bonds. The number of hydrogen-bond donors (Lipinski definition) is 1. The Morgan fingerprint density at radius 2 is 2.18 bits per heavy atom. The standard InChI is InChI=1S/C13H22N4/c1-4-11-9-17(8-7-16(11)3)13-6-5-12(14)10(2)15-13/h5-6,11H,4,7-9,14H2,1-3H3. The van der Waals surface area contributed by atoms with E-state index in [9.17, 15) is 0 Å². The van der Waals surface area contributed by atoms with E-state index >= 15 is 0 Å². The van der Waals surface area contributed by atoms with Gasteiger partial charge in [0.1, 0.15) is 5.82 Å². The van der Waals surface area contributed by atoms with Crippen molar-refractivity contribution in [2.75, 3.05) is 37.3 Å². The Labute approximate surface area is 103 Å². The maximum Gasteiger partial charge on any atom is 0.129 e. The van der Waals surface area contributed by atoms with Crippen molar-refractivity contribution in [3.8, 4) is 0 Å². The number of nitrogens with two attached hydrogens (primary N) is 1. The molecule has 1 fully saturated rings. The van der Waals surface area contributed by atoms with E-state index < -0.39 is 0 Å². The monoisotopic (exact) mass is 234 g/mol. The number of nitrogen functional groups attached to an aromatic ring is 1. The van der Waals surface area contributed by atoms with Crippen LogP contribution in [0.25, 0.3) is 0 Å². The molecule has 0 aromatic carbocycles. The second-order valence-corrected chi connectivity index (χ2v) is 4.83. The molecule has 0 aliphatic carbocycles. The summed E-state index contributed by atoms with van der Waals surface area (Å²) in [6, 6.07) is 4.61. The molecule has 0 bridgehead atoms. The molecule has 1 unspecified atom stereocenters. The van der Waals surface area contributed by atoms with Gasteiger partial charge in [0.15, 0.2) is 0 Å². The Balaban J connectivity index is 2.14. The Morgan fingerprint density at radius 3 is 2.82 bits per heavy atom. The lowest BCUT2D eigenvalue weighted by Crippen LogP contribution is -2.51. The van der Waals surface area contributed by atoms with Crippen LogP contribution in [0.4, 0.5) is 11.5 Å². The number of anilines is 2. The molecule has 0 saturated carbocycles. The van der Waals surface area contributed by atoms with E-state index in [2.05, 4.69) is 28.8 Å². The van der Waals surface area contributed by atoms with Gasteiger partial charge in [-0.25, -0.2) is 4.98 Å². The summed E-state index contributed by atoms with van der Waals surface area (Å²) in [5.41, 5.74) is 7.50. The molecule has 0 radical (unpaired) electrons. The number of rotatable bonds is 2. The predicted octanol–water partition coefficient (Wildman–Crippen LogP) is 1.50. The molecule has 1 atom stereocenters. The zero-order valence-electron chi connectivity index (χ0n) is 11.0. The topological polar surface area (TPSA) is 45.4 Å². The third-order valence-corrected chi connectivity index (χ3v) is 3.68. The predicted molar refractivity (Wildman–Crippen MR) is 72.3 cm³/mol. The van der Waals surface area contributed by atoms with Gasteiger partial charge in [-0.3, -0.25) is 4.90 Å². The highest BCUT2D eigenvalue weighted by molar-refractivity contribution is 5.50. The molecular weight excluding hydrogens is 212 g/mol. The number of nitrogens with zero attached hydrogens (tertiary/aromatic N) is 3. The first-order valence-electron chi connectivity index (χ1n) is 6.30. The van der Waals surface area contributed by atoms with Crippen molar-refractivity contribution in [3.05, 3.63) is 17.8 Å². The van der Waals surface area contributed by atoms with Crippen molar-refractivity contribution in [2.24, 2.45) is 0 Å². The summed E-state index contributed by atoms with van der Waals surface area (Å²) in [5.74, 6) is 1.06. The minimum atomic E-state index is 0.628. The van der Waals surface area contributed by atoms with E-state index in [-0.39, 0.29) is 0 Å². The van der Waals surface area contributed by atoms with Gasteiger partial charge in [-0.2, -0.15) is 0 Å². The Kier molecular flexibility index (Phi) is 3.52. The number of piperazine rings is 1. The average molecular weight is 234 g/mol. The SMILES string of the molecule is CCC1CN(c2ccc(N)c(C)n2)CCN1C. The molecule has 17 heavy (non-hydrogen) atoms. The average Bonchev–Trinajstić information content (AvgIpc) is 2.33. The summed E-state index contributed by atoms with van der Waals surface area (Å²) < 4.78 is 0. The Morgan fingerprint density at radius 1 is 1.41 bits per heavy atom. The van der Waals surface area contributed by atoms with Crippen LogP contribution in [-0.2, 0) is 0 Å². The summed E-state index contributed by atoms with van der Waals surface area (Å²) in [6.07, 6.45) is 1.18. The van der Waals surface area contributed by atoms with Crippen molar-refractivity contribution >= 4 is 11.5 Å². The molecule has 1 aliphatic rings. The first-order chi connectivity index (χ1) is 8.11. The van der Waals surface area contributed by atoms with Crippen LogP contribution in [0.3, 0.4) is 0 Å². The lowest BCUT2D eigenvalue weighted by molar-refractivity contribution is 0.213. The highest BCUT2D eigenvalue weighted by atomic mass is 15.3. The highest BCUT2D eigenvalue weighted by Crippen LogP contribution is 2.20. The minimum Gasteiger partial charge on any atom is -0.397 e. The van der Waals surface area contributed by atoms with E-state index in [1.54, 1.807) is 0 Å². The number of aryl methyl sites for hydroxylation is 1. The normalized spacial score (nSPS) is 21.8. The van der Waals surface area contributed by atoms with Crippen molar-refractivity contribution in [1.82, 2.24) is 9.88 Å². The summed E-state index contributed by atoms with van der Waals surface area (Å²) in [6.45, 7) is 7.41. The lowest BCUT2D eigenvalue weighted by atomic mass is 10.1. The molecule has 4 nitrogen and oxygen atoms in total. The number of pyridine rings is 1. The summed E-state index contributed by atoms with van der Waals surface area (Å²) in [7, 11) is 2.20. The van der Waals surface area contributed by atoms with Crippen LogP contribution >= 0.6 is 0 Å². The van der Waals surface area contributed by atoms with Crippen LogP contribution in [0.2, 0.25) is 0 Å². The van der Waals surface area contributed by atoms with Crippen LogP contribution in [0.1, 0.15) is 19.0 Å². The second-order valence-electron chi connectivity index (χ2n) is 4.83. The minimum absolute atomic E-state index is 0.628. The zero-order valence-corrected chi connectivity index (χ0v) is 11.0. The van der Waals surface area contributed by atoms with Crippen LogP contribution in [0, 0.1) is 6.92 Å². The molecule has 1 saturated heterocycles. The van der Waals surface area contributed by atoms with Crippen LogP contribution in [0.15, 0.2) is 12.1 Å². The first kappa shape index (κ1) is 12.2. The Hall–Kier alpha value is -1.29. The summed E-state index contributed by atoms with van der Waals surface area (Å²) in [5, 5.41) is 0. The number of likely N-dealkylation sites (N-methyl/N-ethyl adjacent to an activating group) is 1. The van der Waals surface area contributed by atoms with Gasteiger partial charge in [-0.1, -0.05) is 6.92 Å². The zero-order chi connectivity index (χ0) is 12.4. The van der Waals surface area contributed by atoms with Crippen molar-refractivity contribution < 1.29 is 0 Å². The molecule has 0 spiro atoms. The molecule has 2 N–H and O–H groups in total. The molecule has 1 aromatic rings. The van der Waals surface area contributed by atoms with Gasteiger partial charge >= 0.3 is 0 Å². The van der Waals surface area contributed by atoms with Crippen molar-refractivity contribution in [3.63, 3.8) is 0 Å². The van der Waals surface area contributed by atoms with Crippen molar-refractivity contribution in [1.29, 1.82) is 0 Å². The second kappa shape index (κ2) is 4.92. The largest absolute Gasteiger partial charge is 0.397 e. The van der Waals surface area contributed by atoms with Crippen LogP contribution in [0.5, 0.6) is 0 Å². The van der Waals surface area contributed by atoms with Gasteiger partial charge < -0.3 is 10.6 Å². The van der Waals surface area contributed by atoms with E-state index in [4.69, 9.17) is 5.73 Å². The van der Waals surface area contributed by atoms with Gasteiger partial charge in [0.25, 0.3) is 0 Å². The number of aromatic nitrogens is 1. The summed E-state index contributed by atoms with van der Waals surface area (Å²) in [4.78, 5) is 9.37. The van der Waals surface area contributed by atoms with Gasteiger partial charge in [-0.15, -0.1) is 0 Å². The lowest BCUT2D eigenvalue weighted by Gasteiger charge is -2.39. The summed E-state index contributed by atoms with van der Waals surface area (Å²) >= 11 is 0. The Bertz CT molecular complexity index is 391. The van der Waals surface area contributed by atoms with E-state index in [0.717, 1.165) is 36.8 Å². The fourth-order valence-electron chi connectivity index (χ4n) is 2.33. The quantitative estimate of drug-likeness (QED) is 0.842. The fraction of sp³-hybridized carbons (Fsp3) is 0.615. The van der Waals surface area contributed by atoms with Gasteiger partial charge in [-0.05, 0) is 32.5 Å². The smallest absolute Gasteiger partial charge is 0.129 e. The molecule has 2 heterocycles. The maximum atomic E-state index is 5.80. The molecule has 1 aromatic heterocycles. The maximum absolute atomic E-state index is 5.80. The van der Waals surface area contributed by atoms with E-state index in [0.29, 0.717) is 6.04 Å². The van der Waals surface area contributed by atoms with Gasteiger partial charge in [0, 0.05) is 25.7 Å². The van der Waals surface area contributed by atoms with E-state index in [1.165, 1.54) is 6.42 Å². The first-order valence-corrected chi connectivity index (χ1v) is 6.30. The fourth-order valence-corrected chi connectivity index (χ4v) is 2.33. The van der Waals surface area contributed by atoms with Crippen LogP contribution < -0.4 is 10.6 Å². The molecular formula is C13H22N4. The molecule has 4 heteroatoms. The third-order valence-electron chi connectivity index (χ3n) is 3.68. The van der Waals surface area contributed by atoms with Crippen molar-refractivity contribution in [2.45, 2.75) is 26.3 Å². The highest BCUT2D eigenvalue weighted by Gasteiger charge is 2.23. The van der Waals surface area contributed by atoms with Gasteiger partial charge in [0.05, 0.1) is 11.4 Å². The third kappa shape index (κ3) is 2.52. The van der Waals surface area contributed by atoms with Crippen LogP contribution in [-0.4, -0.2) is 42.6 Å². The number of hydrogen-bond acceptors (Lipinski definition) is 4. The van der Waals surface area contributed by atoms with E-state index in [1.807, 2.05) is 19.1 Å². The van der Waals surface area contributed by atoms with Gasteiger partial charge in [0.2, 0.25) is 0 Å². The molecule has 94 valence electrons. The molecule has 1 aliphatic heterocycles. The molecule has 2 rings (SSSR count).